The van der Waals surface area contributed by atoms with Crippen molar-refractivity contribution < 1.29 is 9.53 Å². The van der Waals surface area contributed by atoms with Crippen molar-refractivity contribution in [3.05, 3.63) is 36.7 Å². The molecular weight excluding hydrogens is 306 g/mol. The van der Waals surface area contributed by atoms with Crippen LogP contribution < -0.4 is 20.3 Å². The Morgan fingerprint density at radius 2 is 2.29 bits per heavy atom. The van der Waals surface area contributed by atoms with E-state index in [0.717, 1.165) is 31.6 Å². The topological polar surface area (TPSA) is 71.4 Å². The van der Waals surface area contributed by atoms with Gasteiger partial charge in [0.15, 0.2) is 0 Å². The van der Waals surface area contributed by atoms with Crippen molar-refractivity contribution in [2.45, 2.75) is 18.9 Å². The summed E-state index contributed by atoms with van der Waals surface area (Å²) in [5.74, 6) is 0.716. The van der Waals surface area contributed by atoms with E-state index in [2.05, 4.69) is 20.6 Å². The van der Waals surface area contributed by atoms with Crippen molar-refractivity contribution >= 4 is 17.4 Å². The summed E-state index contributed by atoms with van der Waals surface area (Å²) in [5, 5.41) is 10.1. The summed E-state index contributed by atoms with van der Waals surface area (Å²) in [6.45, 7) is 1.78. The molecule has 1 saturated heterocycles. The number of aromatic nitrogens is 2. The zero-order valence-electron chi connectivity index (χ0n) is 14.0. The van der Waals surface area contributed by atoms with Crippen LogP contribution in [0.2, 0.25) is 0 Å². The average molecular weight is 329 g/mol. The number of benzene rings is 1. The van der Waals surface area contributed by atoms with Crippen LogP contribution in [0.1, 0.15) is 12.8 Å². The first-order valence-corrected chi connectivity index (χ1v) is 8.09. The Morgan fingerprint density at radius 3 is 3.04 bits per heavy atom. The maximum absolute atomic E-state index is 12.2. The van der Waals surface area contributed by atoms with Gasteiger partial charge in [-0.2, -0.15) is 5.10 Å². The van der Waals surface area contributed by atoms with Crippen LogP contribution >= 0.6 is 0 Å². The first-order chi connectivity index (χ1) is 11.6. The van der Waals surface area contributed by atoms with Gasteiger partial charge in [-0.1, -0.05) is 6.07 Å². The van der Waals surface area contributed by atoms with E-state index < -0.39 is 0 Å². The van der Waals surface area contributed by atoms with E-state index >= 15 is 0 Å². The summed E-state index contributed by atoms with van der Waals surface area (Å²) in [4.78, 5) is 14.5. The van der Waals surface area contributed by atoms with Gasteiger partial charge >= 0.3 is 6.03 Å². The molecule has 1 unspecified atom stereocenters. The molecular formula is C17H23N5O2. The number of hydrogen-bond donors (Lipinski definition) is 2. The fourth-order valence-electron chi connectivity index (χ4n) is 2.95. The molecule has 7 heteroatoms. The summed E-state index contributed by atoms with van der Waals surface area (Å²) in [7, 11) is 3.51. The molecule has 0 spiro atoms. The zero-order chi connectivity index (χ0) is 16.9. The van der Waals surface area contributed by atoms with E-state index in [1.54, 1.807) is 17.9 Å². The molecule has 0 bridgehead atoms. The number of nitrogens with zero attached hydrogens (tertiary/aromatic N) is 3. The third-order valence-electron chi connectivity index (χ3n) is 4.14. The van der Waals surface area contributed by atoms with Gasteiger partial charge in [0.05, 0.1) is 19.0 Å². The molecule has 3 rings (SSSR count). The number of amides is 2. The van der Waals surface area contributed by atoms with Gasteiger partial charge in [-0.25, -0.2) is 4.79 Å². The highest BCUT2D eigenvalue weighted by Crippen LogP contribution is 2.20. The van der Waals surface area contributed by atoms with Gasteiger partial charge in [-0.15, -0.1) is 0 Å². The fraction of sp³-hybridized carbons (Fsp3) is 0.412. The molecule has 1 fully saturated rings. The van der Waals surface area contributed by atoms with Crippen LogP contribution in [-0.4, -0.2) is 42.1 Å². The molecule has 2 aromatic rings. The van der Waals surface area contributed by atoms with Crippen LogP contribution in [0, 0.1) is 0 Å². The van der Waals surface area contributed by atoms with Gasteiger partial charge in [-0.05, 0) is 25.0 Å². The molecule has 1 aliphatic heterocycles. The van der Waals surface area contributed by atoms with Crippen molar-refractivity contribution in [3.8, 4) is 5.75 Å². The predicted octanol–water partition coefficient (Wildman–Crippen LogP) is 2.22. The van der Waals surface area contributed by atoms with Crippen molar-refractivity contribution in [2.75, 3.05) is 30.4 Å². The average Bonchev–Trinajstić information content (AvgIpc) is 3.02. The maximum atomic E-state index is 12.2. The van der Waals surface area contributed by atoms with Gasteiger partial charge in [-0.3, -0.25) is 4.68 Å². The maximum Gasteiger partial charge on any atom is 0.319 e. The van der Waals surface area contributed by atoms with Gasteiger partial charge in [0, 0.05) is 44.1 Å². The molecule has 2 amide bonds. The number of carbonyl (C=O) groups is 1. The smallest absolute Gasteiger partial charge is 0.319 e. The molecule has 2 N–H and O–H groups in total. The second kappa shape index (κ2) is 7.25. The molecule has 2 heterocycles. The van der Waals surface area contributed by atoms with Gasteiger partial charge < -0.3 is 20.3 Å². The zero-order valence-corrected chi connectivity index (χ0v) is 14.0. The summed E-state index contributed by atoms with van der Waals surface area (Å²) in [6, 6.07) is 7.24. The Bertz CT molecular complexity index is 700. The van der Waals surface area contributed by atoms with Crippen molar-refractivity contribution in [2.24, 2.45) is 7.05 Å². The SMILES string of the molecule is COc1cccc(NC(=O)NC2CCCN(c3cnn(C)c3)C2)c1. The minimum absolute atomic E-state index is 0.115. The minimum Gasteiger partial charge on any atom is -0.497 e. The first-order valence-electron chi connectivity index (χ1n) is 8.09. The largest absolute Gasteiger partial charge is 0.497 e. The molecule has 1 aromatic heterocycles. The summed E-state index contributed by atoms with van der Waals surface area (Å²) in [5.41, 5.74) is 1.81. The molecule has 128 valence electrons. The number of piperidine rings is 1. The van der Waals surface area contributed by atoms with Crippen molar-refractivity contribution in [1.82, 2.24) is 15.1 Å². The molecule has 24 heavy (non-hydrogen) atoms. The van der Waals surface area contributed by atoms with Gasteiger partial charge in [0.1, 0.15) is 5.75 Å². The minimum atomic E-state index is -0.193. The number of rotatable bonds is 4. The monoisotopic (exact) mass is 329 g/mol. The van der Waals surface area contributed by atoms with Crippen LogP contribution in [0.4, 0.5) is 16.2 Å². The van der Waals surface area contributed by atoms with Crippen LogP contribution in [-0.2, 0) is 7.05 Å². The van der Waals surface area contributed by atoms with Crippen LogP contribution in [0.15, 0.2) is 36.7 Å². The molecule has 1 atom stereocenters. The van der Waals surface area contributed by atoms with E-state index in [9.17, 15) is 4.79 Å². The Hall–Kier alpha value is -2.70. The number of anilines is 2. The summed E-state index contributed by atoms with van der Waals surface area (Å²) >= 11 is 0. The van der Waals surface area contributed by atoms with E-state index in [4.69, 9.17) is 4.74 Å². The van der Waals surface area contributed by atoms with E-state index in [1.807, 2.05) is 37.6 Å². The second-order valence-electron chi connectivity index (χ2n) is 5.99. The van der Waals surface area contributed by atoms with Crippen molar-refractivity contribution in [3.63, 3.8) is 0 Å². The fourth-order valence-corrected chi connectivity index (χ4v) is 2.95. The Kier molecular flexibility index (Phi) is 4.88. The number of hydrogen-bond acceptors (Lipinski definition) is 4. The van der Waals surface area contributed by atoms with E-state index in [-0.39, 0.29) is 12.1 Å². The second-order valence-corrected chi connectivity index (χ2v) is 5.99. The van der Waals surface area contributed by atoms with Gasteiger partial charge in [0.2, 0.25) is 0 Å². The third kappa shape index (κ3) is 3.98. The molecule has 1 aromatic carbocycles. The number of carbonyl (C=O) groups excluding carboxylic acids is 1. The highest BCUT2D eigenvalue weighted by Gasteiger charge is 2.22. The number of nitrogens with one attached hydrogen (secondary N) is 2. The lowest BCUT2D eigenvalue weighted by molar-refractivity contribution is 0.246. The van der Waals surface area contributed by atoms with E-state index in [1.165, 1.54) is 0 Å². The molecule has 1 aliphatic rings. The van der Waals surface area contributed by atoms with Crippen LogP contribution in [0.3, 0.4) is 0 Å². The number of methoxy groups -OCH3 is 1. The summed E-state index contributed by atoms with van der Waals surface area (Å²) < 4.78 is 6.96. The van der Waals surface area contributed by atoms with Crippen molar-refractivity contribution in [1.29, 1.82) is 0 Å². The number of urea groups is 1. The molecule has 7 nitrogen and oxygen atoms in total. The molecule has 0 radical (unpaired) electrons. The quantitative estimate of drug-likeness (QED) is 0.902. The van der Waals surface area contributed by atoms with Crippen LogP contribution in [0.5, 0.6) is 5.75 Å². The number of ether oxygens (including phenoxy) is 1. The number of aryl methyl sites for hydroxylation is 1. The standard InChI is InChI=1S/C17H23N5O2/c1-21-12-15(10-18-21)22-8-4-6-14(11-22)20-17(23)19-13-5-3-7-16(9-13)24-2/h3,5,7,9-10,12,14H,4,6,8,11H2,1-2H3,(H2,19,20,23). The predicted molar refractivity (Wildman–Crippen MR) is 93.6 cm³/mol. The lowest BCUT2D eigenvalue weighted by Crippen LogP contribution is -2.48. The third-order valence-corrected chi connectivity index (χ3v) is 4.14. The lowest BCUT2D eigenvalue weighted by Gasteiger charge is -2.33. The molecule has 0 saturated carbocycles. The Balaban J connectivity index is 1.55. The molecule has 0 aliphatic carbocycles. The first kappa shape index (κ1) is 16.2. The Labute approximate surface area is 141 Å². The highest BCUT2D eigenvalue weighted by atomic mass is 16.5. The van der Waals surface area contributed by atoms with E-state index in [0.29, 0.717) is 11.4 Å². The van der Waals surface area contributed by atoms with Crippen LogP contribution in [0.25, 0.3) is 0 Å². The van der Waals surface area contributed by atoms with Gasteiger partial charge in [0.25, 0.3) is 0 Å². The Morgan fingerprint density at radius 1 is 1.42 bits per heavy atom. The summed E-state index contributed by atoms with van der Waals surface area (Å²) in [6.07, 6.45) is 5.87. The lowest BCUT2D eigenvalue weighted by atomic mass is 10.1. The normalized spacial score (nSPS) is 17.4. The highest BCUT2D eigenvalue weighted by molar-refractivity contribution is 5.89.